The van der Waals surface area contributed by atoms with Crippen molar-refractivity contribution in [3.8, 4) is 6.07 Å². The molecule has 0 bridgehead atoms. The summed E-state index contributed by atoms with van der Waals surface area (Å²) in [5.74, 6) is 0.476. The van der Waals surface area contributed by atoms with E-state index in [2.05, 4.69) is 24.5 Å². The summed E-state index contributed by atoms with van der Waals surface area (Å²) in [6.07, 6.45) is 0.845. The molecule has 0 aliphatic carbocycles. The minimum Gasteiger partial charge on any atom is -0.334 e. The third kappa shape index (κ3) is 5.40. The Balaban J connectivity index is 2.51. The molecule has 1 aromatic carbocycles. The lowest BCUT2D eigenvalue weighted by Crippen LogP contribution is -2.43. The molecule has 0 heterocycles. The van der Waals surface area contributed by atoms with Crippen molar-refractivity contribution >= 4 is 11.7 Å². The van der Waals surface area contributed by atoms with E-state index in [0.717, 1.165) is 6.42 Å². The Morgan fingerprint density at radius 2 is 2.00 bits per heavy atom. The minimum absolute atomic E-state index is 0.0293. The molecule has 0 radical (unpaired) electrons. The van der Waals surface area contributed by atoms with Crippen molar-refractivity contribution in [2.75, 3.05) is 11.9 Å². The summed E-state index contributed by atoms with van der Waals surface area (Å²) in [6, 6.07) is 8.42. The monoisotopic (exact) mass is 260 g/mol. The number of urea groups is 1. The van der Waals surface area contributed by atoms with E-state index in [0.29, 0.717) is 23.7 Å². The van der Waals surface area contributed by atoms with Gasteiger partial charge < -0.3 is 16.4 Å². The van der Waals surface area contributed by atoms with Gasteiger partial charge in [-0.3, -0.25) is 0 Å². The highest BCUT2D eigenvalue weighted by molar-refractivity contribution is 5.89. The predicted molar refractivity (Wildman–Crippen MR) is 75.6 cm³/mol. The number of hydrogen-bond acceptors (Lipinski definition) is 3. The number of nitrogens with two attached hydrogens (primary N) is 1. The van der Waals surface area contributed by atoms with E-state index in [4.69, 9.17) is 11.0 Å². The lowest BCUT2D eigenvalue weighted by atomic mass is 10.0. The second-order valence-corrected chi connectivity index (χ2v) is 4.85. The lowest BCUT2D eigenvalue weighted by Gasteiger charge is -2.19. The van der Waals surface area contributed by atoms with Gasteiger partial charge >= 0.3 is 6.03 Å². The summed E-state index contributed by atoms with van der Waals surface area (Å²) >= 11 is 0. The first-order valence-corrected chi connectivity index (χ1v) is 6.33. The third-order valence-corrected chi connectivity index (χ3v) is 2.65. The van der Waals surface area contributed by atoms with Gasteiger partial charge in [0.1, 0.15) is 0 Å². The highest BCUT2D eigenvalue weighted by Crippen LogP contribution is 2.09. The number of nitrogens with one attached hydrogen (secondary N) is 2. The van der Waals surface area contributed by atoms with Crippen LogP contribution in [0.15, 0.2) is 24.3 Å². The van der Waals surface area contributed by atoms with Crippen LogP contribution in [-0.2, 0) is 0 Å². The molecular formula is C14H20N4O. The Hall–Kier alpha value is -2.06. The Morgan fingerprint density at radius 3 is 2.47 bits per heavy atom. The topological polar surface area (TPSA) is 90.9 Å². The van der Waals surface area contributed by atoms with Gasteiger partial charge in [-0.2, -0.15) is 5.26 Å². The first-order chi connectivity index (χ1) is 9.05. The smallest absolute Gasteiger partial charge is 0.319 e. The first-order valence-electron chi connectivity index (χ1n) is 6.33. The second kappa shape index (κ2) is 7.39. The Bertz CT molecular complexity index is 448. The summed E-state index contributed by atoms with van der Waals surface area (Å²) in [6.45, 7) is 4.59. The lowest BCUT2D eigenvalue weighted by molar-refractivity contribution is 0.247. The van der Waals surface area contributed by atoms with Gasteiger partial charge in [-0.15, -0.1) is 0 Å². The van der Waals surface area contributed by atoms with Crippen LogP contribution in [0.1, 0.15) is 25.8 Å². The number of benzene rings is 1. The van der Waals surface area contributed by atoms with Gasteiger partial charge in [0.25, 0.3) is 0 Å². The Labute approximate surface area is 113 Å². The fourth-order valence-corrected chi connectivity index (χ4v) is 1.76. The number of carbonyl (C=O) groups excluding carboxylic acids is 1. The summed E-state index contributed by atoms with van der Waals surface area (Å²) in [5.41, 5.74) is 6.83. The van der Waals surface area contributed by atoms with Gasteiger partial charge in [-0.1, -0.05) is 13.8 Å². The zero-order chi connectivity index (χ0) is 14.3. The van der Waals surface area contributed by atoms with Crippen molar-refractivity contribution in [3.05, 3.63) is 29.8 Å². The van der Waals surface area contributed by atoms with Crippen LogP contribution in [0.3, 0.4) is 0 Å². The van der Waals surface area contributed by atoms with Crippen molar-refractivity contribution in [3.63, 3.8) is 0 Å². The number of amides is 2. The Kier molecular flexibility index (Phi) is 5.83. The number of carbonyl (C=O) groups is 1. The molecule has 1 rings (SSSR count). The molecule has 2 amide bonds. The molecule has 102 valence electrons. The van der Waals surface area contributed by atoms with Crippen LogP contribution < -0.4 is 16.4 Å². The van der Waals surface area contributed by atoms with Crippen molar-refractivity contribution in [2.24, 2.45) is 11.7 Å². The van der Waals surface area contributed by atoms with Crippen LogP contribution in [-0.4, -0.2) is 18.6 Å². The SMILES string of the molecule is CC(C)CC(CN)NC(=O)Nc1ccc(C#N)cc1. The fourth-order valence-electron chi connectivity index (χ4n) is 1.76. The number of nitriles is 1. The molecule has 1 aromatic rings. The van der Waals surface area contributed by atoms with Crippen LogP contribution in [0, 0.1) is 17.2 Å². The zero-order valence-corrected chi connectivity index (χ0v) is 11.3. The van der Waals surface area contributed by atoms with E-state index in [1.165, 1.54) is 0 Å². The number of hydrogen-bond donors (Lipinski definition) is 3. The van der Waals surface area contributed by atoms with E-state index >= 15 is 0 Å². The largest absolute Gasteiger partial charge is 0.334 e. The highest BCUT2D eigenvalue weighted by Gasteiger charge is 2.12. The van der Waals surface area contributed by atoms with Crippen LogP contribution in [0.25, 0.3) is 0 Å². The molecule has 0 aliphatic heterocycles. The average molecular weight is 260 g/mol. The Morgan fingerprint density at radius 1 is 1.37 bits per heavy atom. The molecule has 1 atom stereocenters. The maximum Gasteiger partial charge on any atom is 0.319 e. The summed E-state index contributed by atoms with van der Waals surface area (Å²) in [4.78, 5) is 11.8. The molecule has 0 saturated heterocycles. The highest BCUT2D eigenvalue weighted by atomic mass is 16.2. The normalized spacial score (nSPS) is 11.7. The summed E-state index contributed by atoms with van der Waals surface area (Å²) in [5, 5.41) is 14.2. The molecule has 0 aliphatic rings. The van der Waals surface area contributed by atoms with Crippen molar-refractivity contribution in [1.82, 2.24) is 5.32 Å². The maximum absolute atomic E-state index is 11.8. The summed E-state index contributed by atoms with van der Waals surface area (Å²) < 4.78 is 0. The minimum atomic E-state index is -0.277. The number of anilines is 1. The van der Waals surface area contributed by atoms with Crippen molar-refractivity contribution < 1.29 is 4.79 Å². The molecule has 1 unspecified atom stereocenters. The zero-order valence-electron chi connectivity index (χ0n) is 11.3. The average Bonchev–Trinajstić information content (AvgIpc) is 2.38. The first kappa shape index (κ1) is 15.0. The molecule has 0 spiro atoms. The second-order valence-electron chi connectivity index (χ2n) is 4.85. The van der Waals surface area contributed by atoms with Gasteiger partial charge in [0, 0.05) is 18.3 Å². The number of nitrogens with zero attached hydrogens (tertiary/aromatic N) is 1. The molecular weight excluding hydrogens is 240 g/mol. The van der Waals surface area contributed by atoms with Crippen LogP contribution in [0.4, 0.5) is 10.5 Å². The van der Waals surface area contributed by atoms with E-state index in [1.807, 2.05) is 6.07 Å². The maximum atomic E-state index is 11.8. The third-order valence-electron chi connectivity index (χ3n) is 2.65. The van der Waals surface area contributed by atoms with E-state index in [-0.39, 0.29) is 12.1 Å². The van der Waals surface area contributed by atoms with Crippen LogP contribution >= 0.6 is 0 Å². The standard InChI is InChI=1S/C14H20N4O/c1-10(2)7-13(9-16)18-14(19)17-12-5-3-11(8-15)4-6-12/h3-6,10,13H,7,9,16H2,1-2H3,(H2,17,18,19). The fraction of sp³-hybridized carbons (Fsp3) is 0.429. The van der Waals surface area contributed by atoms with Gasteiger partial charge in [-0.05, 0) is 36.6 Å². The van der Waals surface area contributed by atoms with E-state index in [1.54, 1.807) is 24.3 Å². The molecule has 0 saturated carbocycles. The summed E-state index contributed by atoms with van der Waals surface area (Å²) in [7, 11) is 0. The van der Waals surface area contributed by atoms with Crippen LogP contribution in [0.5, 0.6) is 0 Å². The molecule has 5 heteroatoms. The van der Waals surface area contributed by atoms with E-state index < -0.39 is 0 Å². The molecule has 4 N–H and O–H groups in total. The molecule has 0 fully saturated rings. The predicted octanol–water partition coefficient (Wildman–Crippen LogP) is 2.05. The van der Waals surface area contributed by atoms with E-state index in [9.17, 15) is 4.79 Å². The van der Waals surface area contributed by atoms with Crippen LogP contribution in [0.2, 0.25) is 0 Å². The van der Waals surface area contributed by atoms with Gasteiger partial charge in [0.2, 0.25) is 0 Å². The number of rotatable bonds is 5. The molecule has 5 nitrogen and oxygen atoms in total. The van der Waals surface area contributed by atoms with Gasteiger partial charge in [0.15, 0.2) is 0 Å². The van der Waals surface area contributed by atoms with Gasteiger partial charge in [0.05, 0.1) is 11.6 Å². The quantitative estimate of drug-likeness (QED) is 0.756. The molecule has 0 aromatic heterocycles. The molecule has 19 heavy (non-hydrogen) atoms. The van der Waals surface area contributed by atoms with Crippen molar-refractivity contribution in [1.29, 1.82) is 5.26 Å². The van der Waals surface area contributed by atoms with Gasteiger partial charge in [-0.25, -0.2) is 4.79 Å². The van der Waals surface area contributed by atoms with Crippen molar-refractivity contribution in [2.45, 2.75) is 26.3 Å².